The topological polar surface area (TPSA) is 51.2 Å². The molecule has 1 N–H and O–H groups in total. The van der Waals surface area contributed by atoms with Gasteiger partial charge in [0, 0.05) is 65.0 Å². The molecule has 6 nitrogen and oxygen atoms in total. The zero-order chi connectivity index (χ0) is 20.8. The minimum atomic E-state index is 0. The molecule has 7 heteroatoms. The Hall–Kier alpha value is -2.29. The Morgan fingerprint density at radius 2 is 1.58 bits per heavy atom. The van der Waals surface area contributed by atoms with Crippen LogP contribution in [0, 0.1) is 0 Å². The fourth-order valence-corrected chi connectivity index (χ4v) is 4.30. The van der Waals surface area contributed by atoms with Crippen LogP contribution >= 0.6 is 24.0 Å². The predicted octanol–water partition coefficient (Wildman–Crippen LogP) is 2.98. The van der Waals surface area contributed by atoms with Crippen LogP contribution in [0.2, 0.25) is 0 Å². The Morgan fingerprint density at radius 1 is 0.903 bits per heavy atom. The molecule has 1 saturated heterocycles. The van der Waals surface area contributed by atoms with E-state index in [4.69, 9.17) is 0 Å². The second kappa shape index (κ2) is 11.4. The molecular weight excluding hydrogens is 501 g/mol. The molecular formula is C24H32IN5O. The third kappa shape index (κ3) is 5.90. The van der Waals surface area contributed by atoms with Gasteiger partial charge in [-0.1, -0.05) is 42.5 Å². The van der Waals surface area contributed by atoms with Crippen LogP contribution in [0.1, 0.15) is 17.5 Å². The Labute approximate surface area is 202 Å². The van der Waals surface area contributed by atoms with Crippen molar-refractivity contribution in [2.24, 2.45) is 4.99 Å². The number of benzene rings is 2. The highest BCUT2D eigenvalue weighted by molar-refractivity contribution is 14.0. The average molecular weight is 533 g/mol. The van der Waals surface area contributed by atoms with Crippen LogP contribution in [0.4, 0.5) is 5.69 Å². The number of guanidine groups is 1. The number of hydrogen-bond acceptors (Lipinski definition) is 3. The van der Waals surface area contributed by atoms with E-state index in [-0.39, 0.29) is 29.9 Å². The minimum absolute atomic E-state index is 0. The maximum atomic E-state index is 12.7. The van der Waals surface area contributed by atoms with E-state index in [1.807, 2.05) is 18.0 Å². The van der Waals surface area contributed by atoms with Crippen LogP contribution in [0.3, 0.4) is 0 Å². The van der Waals surface area contributed by atoms with Gasteiger partial charge >= 0.3 is 0 Å². The summed E-state index contributed by atoms with van der Waals surface area (Å²) in [5.41, 5.74) is 4.02. The van der Waals surface area contributed by atoms with Gasteiger partial charge in [-0.05, 0) is 29.7 Å². The predicted molar refractivity (Wildman–Crippen MR) is 137 cm³/mol. The van der Waals surface area contributed by atoms with Gasteiger partial charge in [-0.15, -0.1) is 24.0 Å². The van der Waals surface area contributed by atoms with Gasteiger partial charge in [0.25, 0.3) is 0 Å². The summed E-state index contributed by atoms with van der Waals surface area (Å²) < 4.78 is 0. The SMILES string of the molecule is CN=C(NCCC(=O)N1CCN(c2ccccc2)CC1)N1CCc2ccccc2C1.I. The Balaban J connectivity index is 0.00000272. The van der Waals surface area contributed by atoms with E-state index in [1.54, 1.807) is 0 Å². The van der Waals surface area contributed by atoms with Gasteiger partial charge in [0.1, 0.15) is 0 Å². The smallest absolute Gasteiger partial charge is 0.224 e. The monoisotopic (exact) mass is 533 g/mol. The molecule has 2 aromatic rings. The number of nitrogens with zero attached hydrogens (tertiary/aromatic N) is 4. The van der Waals surface area contributed by atoms with E-state index in [0.29, 0.717) is 13.0 Å². The summed E-state index contributed by atoms with van der Waals surface area (Å²) in [6, 6.07) is 19.0. The van der Waals surface area contributed by atoms with Crippen molar-refractivity contribution < 1.29 is 4.79 Å². The van der Waals surface area contributed by atoms with Crippen molar-refractivity contribution in [2.45, 2.75) is 19.4 Å². The molecule has 166 valence electrons. The van der Waals surface area contributed by atoms with E-state index in [0.717, 1.165) is 51.6 Å². The van der Waals surface area contributed by atoms with Crippen molar-refractivity contribution in [1.82, 2.24) is 15.1 Å². The lowest BCUT2D eigenvalue weighted by Gasteiger charge is -2.36. The second-order valence-electron chi connectivity index (χ2n) is 7.87. The lowest BCUT2D eigenvalue weighted by Crippen LogP contribution is -2.50. The van der Waals surface area contributed by atoms with Crippen LogP contribution in [0.15, 0.2) is 59.6 Å². The molecule has 1 fully saturated rings. The third-order valence-electron chi connectivity index (χ3n) is 6.02. The van der Waals surface area contributed by atoms with Crippen molar-refractivity contribution in [3.05, 3.63) is 65.7 Å². The number of halogens is 1. The summed E-state index contributed by atoms with van der Waals surface area (Å²) in [5.74, 6) is 1.10. The van der Waals surface area contributed by atoms with Gasteiger partial charge in [0.2, 0.25) is 5.91 Å². The summed E-state index contributed by atoms with van der Waals surface area (Å²) in [6.45, 7) is 5.77. The standard InChI is InChI=1S/C24H31N5O.HI/c1-25-24(29-14-12-20-7-5-6-8-21(20)19-29)26-13-11-23(30)28-17-15-27(16-18-28)22-9-3-2-4-10-22;/h2-10H,11-19H2,1H3,(H,25,26);1H. The van der Waals surface area contributed by atoms with E-state index < -0.39 is 0 Å². The maximum absolute atomic E-state index is 12.7. The summed E-state index contributed by atoms with van der Waals surface area (Å²) in [7, 11) is 1.81. The summed E-state index contributed by atoms with van der Waals surface area (Å²) in [5, 5.41) is 3.39. The summed E-state index contributed by atoms with van der Waals surface area (Å²) in [4.78, 5) is 23.7. The van der Waals surface area contributed by atoms with Crippen LogP contribution in [-0.2, 0) is 17.8 Å². The van der Waals surface area contributed by atoms with Crippen molar-refractivity contribution in [2.75, 3.05) is 51.2 Å². The minimum Gasteiger partial charge on any atom is -0.368 e. The average Bonchev–Trinajstić information content (AvgIpc) is 2.82. The van der Waals surface area contributed by atoms with Gasteiger partial charge in [-0.25, -0.2) is 0 Å². The number of nitrogens with one attached hydrogen (secondary N) is 1. The molecule has 2 heterocycles. The number of para-hydroxylation sites is 1. The highest BCUT2D eigenvalue weighted by Gasteiger charge is 2.22. The Bertz CT molecular complexity index is 881. The van der Waals surface area contributed by atoms with Crippen molar-refractivity contribution in [3.63, 3.8) is 0 Å². The highest BCUT2D eigenvalue weighted by atomic mass is 127. The number of carbonyl (C=O) groups excluding carboxylic acids is 1. The lowest BCUT2D eigenvalue weighted by atomic mass is 10.0. The highest BCUT2D eigenvalue weighted by Crippen LogP contribution is 2.18. The molecule has 4 rings (SSSR count). The molecule has 0 spiro atoms. The number of piperazine rings is 1. The molecule has 1 amide bonds. The Morgan fingerprint density at radius 3 is 2.29 bits per heavy atom. The number of rotatable bonds is 4. The largest absolute Gasteiger partial charge is 0.368 e. The zero-order valence-corrected chi connectivity index (χ0v) is 20.5. The fraction of sp³-hybridized carbons (Fsp3) is 0.417. The van der Waals surface area contributed by atoms with Gasteiger partial charge < -0.3 is 20.0 Å². The van der Waals surface area contributed by atoms with E-state index >= 15 is 0 Å². The molecule has 2 aromatic carbocycles. The molecule has 0 saturated carbocycles. The number of hydrogen-bond donors (Lipinski definition) is 1. The summed E-state index contributed by atoms with van der Waals surface area (Å²) >= 11 is 0. The third-order valence-corrected chi connectivity index (χ3v) is 6.02. The number of anilines is 1. The van der Waals surface area contributed by atoms with Crippen LogP contribution < -0.4 is 10.2 Å². The van der Waals surface area contributed by atoms with E-state index in [9.17, 15) is 4.79 Å². The molecule has 0 bridgehead atoms. The van der Waals surface area contributed by atoms with Crippen LogP contribution in [0.25, 0.3) is 0 Å². The maximum Gasteiger partial charge on any atom is 0.224 e. The molecule has 0 unspecified atom stereocenters. The quantitative estimate of drug-likeness (QED) is 0.373. The van der Waals surface area contributed by atoms with Gasteiger partial charge in [0.15, 0.2) is 5.96 Å². The lowest BCUT2D eigenvalue weighted by molar-refractivity contribution is -0.131. The van der Waals surface area contributed by atoms with Crippen molar-refractivity contribution >= 4 is 41.5 Å². The first-order valence-corrected chi connectivity index (χ1v) is 10.8. The molecule has 2 aliphatic heterocycles. The van der Waals surface area contributed by atoms with Crippen LogP contribution in [0.5, 0.6) is 0 Å². The van der Waals surface area contributed by atoms with E-state index in [1.165, 1.54) is 16.8 Å². The number of aliphatic imine (C=N–C) groups is 1. The van der Waals surface area contributed by atoms with Gasteiger partial charge in [-0.2, -0.15) is 0 Å². The Kier molecular flexibility index (Phi) is 8.57. The molecule has 0 atom stereocenters. The first-order chi connectivity index (χ1) is 14.7. The van der Waals surface area contributed by atoms with Crippen molar-refractivity contribution in [3.8, 4) is 0 Å². The number of fused-ring (bicyclic) bond motifs is 1. The van der Waals surface area contributed by atoms with Crippen molar-refractivity contribution in [1.29, 1.82) is 0 Å². The van der Waals surface area contributed by atoms with E-state index in [2.05, 4.69) is 68.6 Å². The molecule has 2 aliphatic rings. The first kappa shape index (κ1) is 23.4. The number of amides is 1. The van der Waals surface area contributed by atoms with Gasteiger partial charge in [-0.3, -0.25) is 9.79 Å². The molecule has 0 radical (unpaired) electrons. The number of carbonyl (C=O) groups is 1. The first-order valence-electron chi connectivity index (χ1n) is 10.8. The normalized spacial score (nSPS) is 16.4. The van der Waals surface area contributed by atoms with Gasteiger partial charge in [0.05, 0.1) is 0 Å². The second-order valence-corrected chi connectivity index (χ2v) is 7.87. The molecule has 0 aliphatic carbocycles. The summed E-state index contributed by atoms with van der Waals surface area (Å²) in [6.07, 6.45) is 1.52. The molecule has 31 heavy (non-hydrogen) atoms. The fourth-order valence-electron chi connectivity index (χ4n) is 4.30. The van der Waals surface area contributed by atoms with Crippen LogP contribution in [-0.4, -0.2) is 68.0 Å². The zero-order valence-electron chi connectivity index (χ0n) is 18.2. The molecule has 0 aromatic heterocycles.